The molecule has 2 N–H and O–H groups in total. The van der Waals surface area contributed by atoms with Crippen molar-refractivity contribution in [2.45, 2.75) is 32.6 Å². The van der Waals surface area contributed by atoms with Crippen molar-refractivity contribution in [1.82, 2.24) is 5.32 Å². The number of nitrogens with one attached hydrogen (secondary N) is 1. The Morgan fingerprint density at radius 1 is 1.42 bits per heavy atom. The normalized spacial score (nSPS) is 29.5. The van der Waals surface area contributed by atoms with Crippen molar-refractivity contribution in [2.75, 3.05) is 19.7 Å². The van der Waals surface area contributed by atoms with Crippen molar-refractivity contribution in [3.05, 3.63) is 0 Å². The van der Waals surface area contributed by atoms with Gasteiger partial charge < -0.3 is 10.4 Å². The number of hydrogen-bond acceptors (Lipinski definition) is 2. The first-order chi connectivity index (χ1) is 5.83. The van der Waals surface area contributed by atoms with Gasteiger partial charge in [-0.3, -0.25) is 0 Å². The molecule has 1 aliphatic carbocycles. The average molecular weight is 171 g/mol. The zero-order chi connectivity index (χ0) is 8.81. The Morgan fingerprint density at radius 2 is 2.25 bits per heavy atom. The van der Waals surface area contributed by atoms with Crippen LogP contribution in [0.15, 0.2) is 0 Å². The van der Waals surface area contributed by atoms with E-state index < -0.39 is 0 Å². The smallest absolute Gasteiger partial charge is 0.0443 e. The van der Waals surface area contributed by atoms with Gasteiger partial charge in [0.2, 0.25) is 0 Å². The van der Waals surface area contributed by atoms with Crippen molar-refractivity contribution in [3.63, 3.8) is 0 Å². The van der Waals surface area contributed by atoms with Crippen LogP contribution in [0, 0.1) is 11.8 Å². The Bertz CT molecular complexity index is 116. The maximum atomic E-state index is 8.56. The summed E-state index contributed by atoms with van der Waals surface area (Å²) in [5.74, 6) is 1.84. The molecule has 0 heterocycles. The third-order valence-corrected chi connectivity index (χ3v) is 2.75. The molecule has 2 atom stereocenters. The molecule has 0 aromatic heterocycles. The highest BCUT2D eigenvalue weighted by Crippen LogP contribution is 2.29. The van der Waals surface area contributed by atoms with Gasteiger partial charge in [0.15, 0.2) is 0 Å². The molecule has 1 rings (SSSR count). The number of aliphatic hydroxyl groups excluding tert-OH is 1. The van der Waals surface area contributed by atoms with Crippen LogP contribution in [0.3, 0.4) is 0 Å². The highest BCUT2D eigenvalue weighted by atomic mass is 16.3. The molecule has 2 heteroatoms. The van der Waals surface area contributed by atoms with Gasteiger partial charge in [0, 0.05) is 6.61 Å². The minimum atomic E-state index is 0.314. The van der Waals surface area contributed by atoms with E-state index in [4.69, 9.17) is 5.11 Å². The second kappa shape index (κ2) is 5.55. The third-order valence-electron chi connectivity index (χ3n) is 2.75. The second-order valence-electron chi connectivity index (χ2n) is 4.07. The maximum Gasteiger partial charge on any atom is 0.0443 e. The lowest BCUT2D eigenvalue weighted by Crippen LogP contribution is -2.23. The van der Waals surface area contributed by atoms with E-state index in [9.17, 15) is 0 Å². The van der Waals surface area contributed by atoms with E-state index in [0.29, 0.717) is 6.61 Å². The van der Waals surface area contributed by atoms with E-state index in [0.717, 1.165) is 31.3 Å². The molecular formula is C10H21NO. The van der Waals surface area contributed by atoms with Crippen LogP contribution in [0.4, 0.5) is 0 Å². The average Bonchev–Trinajstić information content (AvgIpc) is 2.45. The molecule has 2 unspecified atom stereocenters. The maximum absolute atomic E-state index is 8.56. The summed E-state index contributed by atoms with van der Waals surface area (Å²) in [6, 6.07) is 0. The molecule has 1 fully saturated rings. The third kappa shape index (κ3) is 3.55. The molecule has 0 aromatic carbocycles. The standard InChI is InChI=1S/C10H21NO/c1-9-3-4-10(7-9)8-11-5-2-6-12/h9-12H,2-8H2,1H3. The zero-order valence-corrected chi connectivity index (χ0v) is 8.05. The van der Waals surface area contributed by atoms with E-state index in [1.165, 1.54) is 19.3 Å². The number of rotatable bonds is 5. The highest BCUT2D eigenvalue weighted by Gasteiger charge is 2.20. The predicted octanol–water partition coefficient (Wildman–Crippen LogP) is 1.39. The second-order valence-corrected chi connectivity index (χ2v) is 4.07. The minimum absolute atomic E-state index is 0.314. The topological polar surface area (TPSA) is 32.3 Å². The first kappa shape index (κ1) is 10.0. The van der Waals surface area contributed by atoms with Gasteiger partial charge in [0.25, 0.3) is 0 Å². The quantitative estimate of drug-likeness (QED) is 0.613. The fraction of sp³-hybridized carbons (Fsp3) is 1.00. The van der Waals surface area contributed by atoms with Crippen LogP contribution in [0.25, 0.3) is 0 Å². The lowest BCUT2D eigenvalue weighted by molar-refractivity contribution is 0.284. The molecule has 1 saturated carbocycles. The van der Waals surface area contributed by atoms with Gasteiger partial charge in [-0.1, -0.05) is 13.3 Å². The van der Waals surface area contributed by atoms with E-state index in [-0.39, 0.29) is 0 Å². The Balaban J connectivity index is 1.93. The van der Waals surface area contributed by atoms with Crippen LogP contribution in [0.5, 0.6) is 0 Å². The summed E-state index contributed by atoms with van der Waals surface area (Å²) in [6.45, 7) is 4.79. The molecule has 0 bridgehead atoms. The van der Waals surface area contributed by atoms with Crippen molar-refractivity contribution < 1.29 is 5.11 Å². The van der Waals surface area contributed by atoms with Crippen LogP contribution >= 0.6 is 0 Å². The monoisotopic (exact) mass is 171 g/mol. The van der Waals surface area contributed by atoms with Crippen molar-refractivity contribution in [3.8, 4) is 0 Å². The Labute approximate surface area is 75.4 Å². The fourth-order valence-electron chi connectivity index (χ4n) is 2.02. The molecule has 0 aliphatic heterocycles. The molecule has 72 valence electrons. The molecule has 0 spiro atoms. The van der Waals surface area contributed by atoms with E-state index in [1.807, 2.05) is 0 Å². The highest BCUT2D eigenvalue weighted by molar-refractivity contribution is 4.74. The summed E-state index contributed by atoms with van der Waals surface area (Å²) in [6.07, 6.45) is 5.09. The summed E-state index contributed by atoms with van der Waals surface area (Å²) in [5, 5.41) is 11.9. The van der Waals surface area contributed by atoms with Gasteiger partial charge in [-0.2, -0.15) is 0 Å². The molecular weight excluding hydrogens is 150 g/mol. The molecule has 0 radical (unpaired) electrons. The van der Waals surface area contributed by atoms with Gasteiger partial charge in [-0.25, -0.2) is 0 Å². The summed E-state index contributed by atoms with van der Waals surface area (Å²) in [7, 11) is 0. The molecule has 2 nitrogen and oxygen atoms in total. The largest absolute Gasteiger partial charge is 0.396 e. The van der Waals surface area contributed by atoms with E-state index >= 15 is 0 Å². The van der Waals surface area contributed by atoms with Crippen LogP contribution in [0.1, 0.15) is 32.6 Å². The molecule has 0 aromatic rings. The number of aliphatic hydroxyl groups is 1. The van der Waals surface area contributed by atoms with Gasteiger partial charge in [-0.05, 0) is 44.2 Å². The van der Waals surface area contributed by atoms with Gasteiger partial charge in [0.1, 0.15) is 0 Å². The predicted molar refractivity (Wildman–Crippen MR) is 51.1 cm³/mol. The summed E-state index contributed by atoms with van der Waals surface area (Å²) >= 11 is 0. The summed E-state index contributed by atoms with van der Waals surface area (Å²) in [5.41, 5.74) is 0. The Morgan fingerprint density at radius 3 is 2.83 bits per heavy atom. The Hall–Kier alpha value is -0.0800. The first-order valence-corrected chi connectivity index (χ1v) is 5.14. The summed E-state index contributed by atoms with van der Waals surface area (Å²) in [4.78, 5) is 0. The van der Waals surface area contributed by atoms with Crippen LogP contribution < -0.4 is 5.32 Å². The van der Waals surface area contributed by atoms with Gasteiger partial charge >= 0.3 is 0 Å². The molecule has 12 heavy (non-hydrogen) atoms. The van der Waals surface area contributed by atoms with Crippen molar-refractivity contribution in [2.24, 2.45) is 11.8 Å². The van der Waals surface area contributed by atoms with Crippen LogP contribution in [-0.2, 0) is 0 Å². The first-order valence-electron chi connectivity index (χ1n) is 5.14. The summed E-state index contributed by atoms with van der Waals surface area (Å²) < 4.78 is 0. The fourth-order valence-corrected chi connectivity index (χ4v) is 2.02. The van der Waals surface area contributed by atoms with Crippen molar-refractivity contribution >= 4 is 0 Å². The molecule has 1 aliphatic rings. The lowest BCUT2D eigenvalue weighted by Gasteiger charge is -2.09. The SMILES string of the molecule is CC1CCC(CNCCCO)C1. The van der Waals surface area contributed by atoms with Crippen LogP contribution in [-0.4, -0.2) is 24.8 Å². The van der Waals surface area contributed by atoms with Gasteiger partial charge in [-0.15, -0.1) is 0 Å². The molecule has 0 saturated heterocycles. The van der Waals surface area contributed by atoms with Crippen LogP contribution in [0.2, 0.25) is 0 Å². The zero-order valence-electron chi connectivity index (χ0n) is 8.05. The van der Waals surface area contributed by atoms with Crippen molar-refractivity contribution in [1.29, 1.82) is 0 Å². The Kier molecular flexibility index (Phi) is 4.62. The van der Waals surface area contributed by atoms with E-state index in [1.54, 1.807) is 0 Å². The minimum Gasteiger partial charge on any atom is -0.396 e. The lowest BCUT2D eigenvalue weighted by atomic mass is 10.1. The van der Waals surface area contributed by atoms with E-state index in [2.05, 4.69) is 12.2 Å². The molecule has 0 amide bonds. The number of hydrogen-bond donors (Lipinski definition) is 2. The van der Waals surface area contributed by atoms with Gasteiger partial charge in [0.05, 0.1) is 0 Å².